The number of nitro benzene ring substituents is 1. The van der Waals surface area contributed by atoms with Crippen LogP contribution in [0.5, 0.6) is 0 Å². The summed E-state index contributed by atoms with van der Waals surface area (Å²) in [4.78, 5) is 22.0. The van der Waals surface area contributed by atoms with E-state index in [-0.39, 0.29) is 12.1 Å². The molecule has 2 atom stereocenters. The molecule has 8 heteroatoms. The van der Waals surface area contributed by atoms with Gasteiger partial charge in [-0.3, -0.25) is 14.9 Å². The summed E-state index contributed by atoms with van der Waals surface area (Å²) in [6.45, 7) is 0. The fourth-order valence-corrected chi connectivity index (χ4v) is 2.42. The molecule has 1 aromatic rings. The number of hydrogen-bond acceptors (Lipinski definition) is 4. The van der Waals surface area contributed by atoms with E-state index in [0.29, 0.717) is 25.0 Å². The fourth-order valence-electron chi connectivity index (χ4n) is 2.42. The largest absolute Gasteiger partial charge is 0.381 e. The molecule has 1 aromatic carbocycles. The third-order valence-electron chi connectivity index (χ3n) is 3.53. The zero-order valence-corrected chi connectivity index (χ0v) is 11.3. The van der Waals surface area contributed by atoms with Crippen molar-refractivity contribution in [3.05, 3.63) is 39.4 Å². The normalized spacial score (nSPS) is 21.3. The Bertz CT molecular complexity index is 580. The molecule has 0 bridgehead atoms. The van der Waals surface area contributed by atoms with E-state index >= 15 is 0 Å². The van der Waals surface area contributed by atoms with E-state index < -0.39 is 33.7 Å². The predicted molar refractivity (Wildman–Crippen MR) is 68.9 cm³/mol. The van der Waals surface area contributed by atoms with Crippen molar-refractivity contribution in [3.8, 4) is 0 Å². The van der Waals surface area contributed by atoms with E-state index in [1.165, 1.54) is 0 Å². The summed E-state index contributed by atoms with van der Waals surface area (Å²) in [5.41, 5.74) is -1.24. The van der Waals surface area contributed by atoms with Gasteiger partial charge in [-0.2, -0.15) is 0 Å². The molecule has 1 N–H and O–H groups in total. The van der Waals surface area contributed by atoms with Crippen LogP contribution in [-0.2, 0) is 4.74 Å². The van der Waals surface area contributed by atoms with Gasteiger partial charge in [0.2, 0.25) is 0 Å². The highest BCUT2D eigenvalue weighted by molar-refractivity contribution is 5.98. The van der Waals surface area contributed by atoms with Gasteiger partial charge in [0.1, 0.15) is 5.56 Å². The lowest BCUT2D eigenvalue weighted by molar-refractivity contribution is -0.385. The molecule has 114 valence electrons. The van der Waals surface area contributed by atoms with E-state index in [1.54, 1.807) is 7.11 Å². The number of rotatable bonds is 4. The Morgan fingerprint density at radius 2 is 2.05 bits per heavy atom. The van der Waals surface area contributed by atoms with Crippen molar-refractivity contribution >= 4 is 11.6 Å². The first-order valence-electron chi connectivity index (χ1n) is 6.39. The Balaban J connectivity index is 2.19. The average Bonchev–Trinajstić information content (AvgIpc) is 2.88. The first-order valence-corrected chi connectivity index (χ1v) is 6.39. The minimum absolute atomic E-state index is 0.0234. The molecule has 1 fully saturated rings. The second-order valence-corrected chi connectivity index (χ2v) is 4.88. The number of methoxy groups -OCH3 is 1. The molecule has 1 saturated carbocycles. The second kappa shape index (κ2) is 6.13. The maximum Gasteiger partial charge on any atom is 0.285 e. The van der Waals surface area contributed by atoms with Gasteiger partial charge in [0, 0.05) is 13.2 Å². The Hall–Kier alpha value is -2.09. The van der Waals surface area contributed by atoms with Crippen molar-refractivity contribution < 1.29 is 23.2 Å². The summed E-state index contributed by atoms with van der Waals surface area (Å²) >= 11 is 0. The number of nitro groups is 1. The number of carbonyl (C=O) groups is 1. The van der Waals surface area contributed by atoms with Gasteiger partial charge in [0.15, 0.2) is 11.6 Å². The lowest BCUT2D eigenvalue weighted by Gasteiger charge is -2.13. The molecule has 1 aliphatic carbocycles. The molecule has 21 heavy (non-hydrogen) atoms. The zero-order valence-electron chi connectivity index (χ0n) is 11.3. The quantitative estimate of drug-likeness (QED) is 0.682. The van der Waals surface area contributed by atoms with Gasteiger partial charge in [-0.15, -0.1) is 0 Å². The van der Waals surface area contributed by atoms with Crippen molar-refractivity contribution in [1.82, 2.24) is 5.32 Å². The molecule has 2 unspecified atom stereocenters. The van der Waals surface area contributed by atoms with Gasteiger partial charge >= 0.3 is 0 Å². The van der Waals surface area contributed by atoms with Crippen LogP contribution >= 0.6 is 0 Å². The van der Waals surface area contributed by atoms with Crippen molar-refractivity contribution in [2.24, 2.45) is 0 Å². The lowest BCUT2D eigenvalue weighted by atomic mass is 10.1. The summed E-state index contributed by atoms with van der Waals surface area (Å²) in [5.74, 6) is -3.45. The Kier molecular flexibility index (Phi) is 4.46. The summed E-state index contributed by atoms with van der Waals surface area (Å²) < 4.78 is 31.4. The van der Waals surface area contributed by atoms with Gasteiger partial charge in [0.05, 0.1) is 17.1 Å². The highest BCUT2D eigenvalue weighted by atomic mass is 19.2. The molecule has 2 rings (SSSR count). The number of nitrogens with zero attached hydrogens (tertiary/aromatic N) is 1. The van der Waals surface area contributed by atoms with E-state index in [4.69, 9.17) is 4.74 Å². The Morgan fingerprint density at radius 1 is 1.38 bits per heavy atom. The number of benzene rings is 1. The Morgan fingerprint density at radius 3 is 2.62 bits per heavy atom. The maximum atomic E-state index is 13.2. The standard InChI is InChI=1S/C13H14F2N2O4/c1-21-8-3-2-7(4-8)16-13(18)9-5-10(14)11(15)6-12(9)17(19)20/h5-8H,2-4H2,1H3,(H,16,18). The fraction of sp³-hybridized carbons (Fsp3) is 0.462. The first kappa shape index (κ1) is 15.3. The smallest absolute Gasteiger partial charge is 0.285 e. The molecule has 1 amide bonds. The number of nitrogens with one attached hydrogen (secondary N) is 1. The van der Waals surface area contributed by atoms with Gasteiger partial charge < -0.3 is 10.1 Å². The molecular formula is C13H14F2N2O4. The van der Waals surface area contributed by atoms with Crippen LogP contribution in [0, 0.1) is 21.7 Å². The first-order chi connectivity index (χ1) is 9.92. The molecule has 1 aliphatic rings. The van der Waals surface area contributed by atoms with Crippen LogP contribution in [0.15, 0.2) is 12.1 Å². The topological polar surface area (TPSA) is 81.5 Å². The van der Waals surface area contributed by atoms with Crippen LogP contribution in [0.3, 0.4) is 0 Å². The molecule has 6 nitrogen and oxygen atoms in total. The predicted octanol–water partition coefficient (Wildman–Crippen LogP) is 2.17. The summed E-state index contributed by atoms with van der Waals surface area (Å²) in [6, 6.07) is 0.762. The molecule has 0 heterocycles. The second-order valence-electron chi connectivity index (χ2n) is 4.88. The zero-order chi connectivity index (χ0) is 15.6. The number of amides is 1. The highest BCUT2D eigenvalue weighted by Gasteiger charge is 2.29. The minimum atomic E-state index is -1.36. The molecule has 0 spiro atoms. The number of halogens is 2. The van der Waals surface area contributed by atoms with Crippen LogP contribution in [0.1, 0.15) is 29.6 Å². The van der Waals surface area contributed by atoms with Gasteiger partial charge in [-0.05, 0) is 25.3 Å². The van der Waals surface area contributed by atoms with Crippen LogP contribution in [0.25, 0.3) is 0 Å². The summed E-state index contributed by atoms with van der Waals surface area (Å²) in [5, 5.41) is 13.4. The molecule has 0 aliphatic heterocycles. The van der Waals surface area contributed by atoms with Gasteiger partial charge in [0.25, 0.3) is 11.6 Å². The van der Waals surface area contributed by atoms with E-state index in [0.717, 1.165) is 6.42 Å². The number of carbonyl (C=O) groups excluding carboxylic acids is 1. The summed E-state index contributed by atoms with van der Waals surface area (Å²) in [6.07, 6.45) is 2.04. The molecular weight excluding hydrogens is 286 g/mol. The number of ether oxygens (including phenoxy) is 1. The van der Waals surface area contributed by atoms with Gasteiger partial charge in [-0.25, -0.2) is 8.78 Å². The van der Waals surface area contributed by atoms with Crippen molar-refractivity contribution in [1.29, 1.82) is 0 Å². The monoisotopic (exact) mass is 300 g/mol. The number of hydrogen-bond donors (Lipinski definition) is 1. The van der Waals surface area contributed by atoms with Crippen LogP contribution in [0.4, 0.5) is 14.5 Å². The SMILES string of the molecule is COC1CCC(NC(=O)c2cc(F)c(F)cc2[N+](=O)[O-])C1. The maximum absolute atomic E-state index is 13.2. The van der Waals surface area contributed by atoms with E-state index in [1.807, 2.05) is 0 Å². The van der Waals surface area contributed by atoms with Crippen LogP contribution in [-0.4, -0.2) is 30.1 Å². The molecule has 0 saturated heterocycles. The average molecular weight is 300 g/mol. The van der Waals surface area contributed by atoms with Crippen molar-refractivity contribution in [3.63, 3.8) is 0 Å². The highest BCUT2D eigenvalue weighted by Crippen LogP contribution is 2.25. The van der Waals surface area contributed by atoms with Crippen molar-refractivity contribution in [2.75, 3.05) is 7.11 Å². The van der Waals surface area contributed by atoms with E-state index in [2.05, 4.69) is 5.32 Å². The van der Waals surface area contributed by atoms with E-state index in [9.17, 15) is 23.7 Å². The molecule has 0 radical (unpaired) electrons. The van der Waals surface area contributed by atoms with Gasteiger partial charge in [-0.1, -0.05) is 0 Å². The third kappa shape index (κ3) is 3.33. The minimum Gasteiger partial charge on any atom is -0.381 e. The van der Waals surface area contributed by atoms with Crippen LogP contribution < -0.4 is 5.32 Å². The van der Waals surface area contributed by atoms with Crippen molar-refractivity contribution in [2.45, 2.75) is 31.4 Å². The summed E-state index contributed by atoms with van der Waals surface area (Å²) in [7, 11) is 1.56. The third-order valence-corrected chi connectivity index (χ3v) is 3.53. The lowest BCUT2D eigenvalue weighted by Crippen LogP contribution is -2.33. The molecule has 0 aromatic heterocycles. The Labute approximate surface area is 119 Å². The van der Waals surface area contributed by atoms with Crippen LogP contribution in [0.2, 0.25) is 0 Å².